The molecule has 1 atom stereocenters. The Morgan fingerprint density at radius 1 is 0.469 bits per heavy atom. The van der Waals surface area contributed by atoms with Crippen molar-refractivity contribution < 1.29 is 8.83 Å². The first-order valence-electron chi connectivity index (χ1n) is 22.0. The number of furan rings is 2. The van der Waals surface area contributed by atoms with Gasteiger partial charge in [0, 0.05) is 54.9 Å². The molecule has 0 radical (unpaired) electrons. The third kappa shape index (κ3) is 5.71. The number of fused-ring (bicyclic) bond motifs is 10. The molecule has 0 bridgehead atoms. The van der Waals surface area contributed by atoms with Crippen molar-refractivity contribution in [1.29, 1.82) is 0 Å². The first-order valence-corrected chi connectivity index (χ1v) is 22.0. The molecule has 0 N–H and O–H groups in total. The monoisotopic (exact) mass is 821 g/mol. The second-order valence-corrected chi connectivity index (χ2v) is 16.9. The Morgan fingerprint density at radius 3 is 2.00 bits per heavy atom. The van der Waals surface area contributed by atoms with Crippen molar-refractivity contribution >= 4 is 93.7 Å². The fraction of sp³-hybridized carbons (Fsp3) is 0.0508. The van der Waals surface area contributed by atoms with E-state index in [1.807, 2.05) is 18.2 Å². The normalized spacial score (nSPS) is 15.5. The number of hydrogen-bond acceptors (Lipinski definition) is 4. The third-order valence-electron chi connectivity index (χ3n) is 13.1. The number of aliphatic imine (C=N–C) groups is 2. The highest BCUT2D eigenvalue weighted by molar-refractivity contribution is 6.23. The summed E-state index contributed by atoms with van der Waals surface area (Å²) in [6, 6.07) is 68.5. The molecule has 9 aromatic carbocycles. The van der Waals surface area contributed by atoms with Crippen molar-refractivity contribution in [3.05, 3.63) is 217 Å². The van der Waals surface area contributed by atoms with Crippen molar-refractivity contribution in [2.75, 3.05) is 0 Å². The van der Waals surface area contributed by atoms with Crippen LogP contribution < -0.4 is 0 Å². The molecule has 3 aromatic heterocycles. The smallest absolute Gasteiger partial charge is 0.160 e. The maximum Gasteiger partial charge on any atom is 0.160 e. The second-order valence-electron chi connectivity index (χ2n) is 16.9. The van der Waals surface area contributed by atoms with Crippen molar-refractivity contribution in [2.24, 2.45) is 15.9 Å². The average Bonchev–Trinajstić information content (AvgIpc) is 4.02. The van der Waals surface area contributed by atoms with E-state index in [0.717, 1.165) is 99.8 Å². The summed E-state index contributed by atoms with van der Waals surface area (Å²) in [5.41, 5.74) is 13.5. The zero-order valence-corrected chi connectivity index (χ0v) is 35.0. The quantitative estimate of drug-likeness (QED) is 0.174. The van der Waals surface area contributed by atoms with Crippen LogP contribution in [0.4, 0.5) is 0 Å². The molecule has 0 saturated carbocycles. The largest absolute Gasteiger partial charge is 0.456 e. The van der Waals surface area contributed by atoms with Crippen LogP contribution in [-0.2, 0) is 0 Å². The highest BCUT2D eigenvalue weighted by Gasteiger charge is 2.26. The second kappa shape index (κ2) is 14.4. The Morgan fingerprint density at radius 2 is 1.14 bits per heavy atom. The lowest BCUT2D eigenvalue weighted by molar-refractivity contribution is 0.666. The van der Waals surface area contributed by atoms with E-state index in [2.05, 4.69) is 193 Å². The summed E-state index contributed by atoms with van der Waals surface area (Å²) in [6.45, 7) is 2.28. The molecular weight excluding hydrogens is 783 g/mol. The maximum absolute atomic E-state index is 6.99. The van der Waals surface area contributed by atoms with Gasteiger partial charge in [-0.05, 0) is 82.9 Å². The van der Waals surface area contributed by atoms with E-state index < -0.39 is 0 Å². The summed E-state index contributed by atoms with van der Waals surface area (Å²) < 4.78 is 15.8. The van der Waals surface area contributed by atoms with Gasteiger partial charge >= 0.3 is 0 Å². The molecule has 13 rings (SSSR count). The number of rotatable bonds is 5. The molecule has 1 unspecified atom stereocenters. The van der Waals surface area contributed by atoms with E-state index in [1.165, 1.54) is 21.5 Å². The molecule has 5 heteroatoms. The van der Waals surface area contributed by atoms with E-state index in [1.54, 1.807) is 0 Å². The van der Waals surface area contributed by atoms with Crippen molar-refractivity contribution in [2.45, 2.75) is 13.3 Å². The number of nitrogens with zero attached hydrogens (tertiary/aromatic N) is 3. The van der Waals surface area contributed by atoms with Gasteiger partial charge < -0.3 is 13.4 Å². The lowest BCUT2D eigenvalue weighted by atomic mass is 9.90. The van der Waals surface area contributed by atoms with Gasteiger partial charge in [-0.1, -0.05) is 153 Å². The lowest BCUT2D eigenvalue weighted by Gasteiger charge is -2.21. The van der Waals surface area contributed by atoms with E-state index >= 15 is 0 Å². The Bertz CT molecular complexity index is 3950. The van der Waals surface area contributed by atoms with Gasteiger partial charge in [0.25, 0.3) is 0 Å². The fourth-order valence-electron chi connectivity index (χ4n) is 9.99. The SMILES string of the molecule is CC1C/C=C(\c2ccc3c(oc4ccccc43)c2-n2c3ccccc3c3cc4ccccc4cc32)N=C(c2cccc(-c3ccccc3)c2)N=C1c1cccc2oc3ccccc3c12. The maximum atomic E-state index is 6.99. The van der Waals surface area contributed by atoms with Gasteiger partial charge in [-0.3, -0.25) is 0 Å². The Kier molecular flexibility index (Phi) is 8.19. The van der Waals surface area contributed by atoms with E-state index in [4.69, 9.17) is 18.8 Å². The number of amidine groups is 1. The summed E-state index contributed by atoms with van der Waals surface area (Å²) in [7, 11) is 0. The minimum Gasteiger partial charge on any atom is -0.456 e. The first-order chi connectivity index (χ1) is 31.6. The lowest BCUT2D eigenvalue weighted by Crippen LogP contribution is -2.17. The van der Waals surface area contributed by atoms with Gasteiger partial charge in [0.2, 0.25) is 0 Å². The molecule has 302 valence electrons. The molecule has 0 saturated heterocycles. The van der Waals surface area contributed by atoms with Crippen LogP contribution in [-0.4, -0.2) is 16.1 Å². The van der Waals surface area contributed by atoms with Crippen molar-refractivity contribution in [3.8, 4) is 16.8 Å². The highest BCUT2D eigenvalue weighted by atomic mass is 16.3. The molecule has 5 nitrogen and oxygen atoms in total. The van der Waals surface area contributed by atoms with E-state index in [9.17, 15) is 0 Å². The molecule has 1 aliphatic heterocycles. The van der Waals surface area contributed by atoms with E-state index in [0.29, 0.717) is 12.3 Å². The van der Waals surface area contributed by atoms with Crippen LogP contribution in [0.15, 0.2) is 219 Å². The van der Waals surface area contributed by atoms with Crippen LogP contribution in [0.3, 0.4) is 0 Å². The van der Waals surface area contributed by atoms with Gasteiger partial charge in [0.1, 0.15) is 16.7 Å². The molecule has 0 aliphatic carbocycles. The Labute approximate surface area is 368 Å². The van der Waals surface area contributed by atoms with Crippen LogP contribution in [0, 0.1) is 5.92 Å². The van der Waals surface area contributed by atoms with Crippen LogP contribution in [0.2, 0.25) is 0 Å². The van der Waals surface area contributed by atoms with Gasteiger partial charge in [-0.2, -0.15) is 0 Å². The van der Waals surface area contributed by atoms with E-state index in [-0.39, 0.29) is 5.92 Å². The number of allylic oxidation sites excluding steroid dienone is 1. The third-order valence-corrected chi connectivity index (χ3v) is 13.1. The molecule has 0 fully saturated rings. The summed E-state index contributed by atoms with van der Waals surface area (Å²) in [6.07, 6.45) is 3.02. The number of para-hydroxylation sites is 3. The van der Waals surface area contributed by atoms with Crippen LogP contribution in [0.5, 0.6) is 0 Å². The average molecular weight is 822 g/mol. The zero-order valence-electron chi connectivity index (χ0n) is 35.0. The molecule has 4 heterocycles. The standard InChI is InChI=1S/C59H39N3O2/c1-36-29-32-49(60-59(41-20-13-19-38(33-41)37-15-3-2-4-16-37)61-56(36)47-24-14-28-54-55(47)46-23-9-12-27-53(46)63-54)45-31-30-44-43-22-8-11-26-52(43)64-58(44)57(45)62-50-25-10-7-21-42(50)48-34-39-17-5-6-18-40(39)35-51(48)62/h2-28,30-36H,29H2,1H3/b49-32+,60-59?,61-56?. The van der Waals surface area contributed by atoms with Gasteiger partial charge in [-0.15, -0.1) is 0 Å². The molecule has 64 heavy (non-hydrogen) atoms. The Balaban J connectivity index is 1.11. The fourth-order valence-corrected chi connectivity index (χ4v) is 9.99. The van der Waals surface area contributed by atoms with Crippen molar-refractivity contribution in [3.63, 3.8) is 0 Å². The zero-order chi connectivity index (χ0) is 42.3. The predicted molar refractivity (Wildman–Crippen MR) is 266 cm³/mol. The van der Waals surface area contributed by atoms with Gasteiger partial charge in [0.05, 0.1) is 28.1 Å². The van der Waals surface area contributed by atoms with Crippen LogP contribution in [0.1, 0.15) is 30.0 Å². The summed E-state index contributed by atoms with van der Waals surface area (Å²) in [5.74, 6) is 0.661. The van der Waals surface area contributed by atoms with Crippen LogP contribution >= 0.6 is 0 Å². The molecule has 1 aliphatic rings. The minimum absolute atomic E-state index is 0.0232. The van der Waals surface area contributed by atoms with Gasteiger partial charge in [-0.25, -0.2) is 9.98 Å². The molecular formula is C59H39N3O2. The predicted octanol–water partition coefficient (Wildman–Crippen LogP) is 15.7. The highest BCUT2D eigenvalue weighted by Crippen LogP contribution is 2.44. The molecule has 0 amide bonds. The Hall–Kier alpha value is -8.28. The summed E-state index contributed by atoms with van der Waals surface area (Å²) in [5, 5.41) is 9.03. The minimum atomic E-state index is 0.0232. The summed E-state index contributed by atoms with van der Waals surface area (Å²) >= 11 is 0. The van der Waals surface area contributed by atoms with Crippen LogP contribution in [0.25, 0.3) is 99.0 Å². The first kappa shape index (κ1) is 36.4. The van der Waals surface area contributed by atoms with Gasteiger partial charge in [0.15, 0.2) is 11.4 Å². The van der Waals surface area contributed by atoms with Crippen molar-refractivity contribution in [1.82, 2.24) is 4.57 Å². The topological polar surface area (TPSA) is 55.9 Å². The number of benzene rings is 9. The number of hydrogen-bond donors (Lipinski definition) is 0. The number of aromatic nitrogens is 1. The molecule has 12 aromatic rings. The molecule has 0 spiro atoms. The summed E-state index contributed by atoms with van der Waals surface area (Å²) in [4.78, 5) is 11.4.